The first-order chi connectivity index (χ1) is 9.19. The maximum absolute atomic E-state index is 11.7. The van der Waals surface area contributed by atoms with Crippen molar-refractivity contribution in [2.75, 3.05) is 6.54 Å². The molecule has 5 heteroatoms. The number of aromatic amines is 1. The highest BCUT2D eigenvalue weighted by molar-refractivity contribution is 5.80. The fourth-order valence-electron chi connectivity index (χ4n) is 1.96. The molecule has 0 fully saturated rings. The van der Waals surface area contributed by atoms with E-state index in [1.165, 1.54) is 0 Å². The Labute approximate surface area is 111 Å². The van der Waals surface area contributed by atoms with Crippen LogP contribution >= 0.6 is 0 Å². The van der Waals surface area contributed by atoms with Crippen LogP contribution in [0.5, 0.6) is 0 Å². The summed E-state index contributed by atoms with van der Waals surface area (Å²) in [6.07, 6.45) is 3.59. The summed E-state index contributed by atoms with van der Waals surface area (Å²) in [6.45, 7) is 2.85. The number of hydrogen-bond acceptors (Lipinski definition) is 3. The zero-order valence-corrected chi connectivity index (χ0v) is 11.0. The maximum Gasteiger partial charge on any atom is 0.417 e. The van der Waals surface area contributed by atoms with Gasteiger partial charge in [0.05, 0.1) is 11.9 Å². The SMILES string of the molecule is CCCCCNC(=O)Cc1ccc2oc(=O)[nH]c2c1. The Hall–Kier alpha value is -2.04. The van der Waals surface area contributed by atoms with E-state index in [-0.39, 0.29) is 5.91 Å². The molecule has 0 bridgehead atoms. The van der Waals surface area contributed by atoms with Crippen molar-refractivity contribution in [3.63, 3.8) is 0 Å². The van der Waals surface area contributed by atoms with E-state index < -0.39 is 5.76 Å². The van der Waals surface area contributed by atoms with Gasteiger partial charge in [0.1, 0.15) is 0 Å². The Morgan fingerprint density at radius 2 is 2.21 bits per heavy atom. The van der Waals surface area contributed by atoms with Gasteiger partial charge in [-0.05, 0) is 24.1 Å². The zero-order chi connectivity index (χ0) is 13.7. The highest BCUT2D eigenvalue weighted by atomic mass is 16.4. The average Bonchev–Trinajstić information content (AvgIpc) is 2.74. The number of oxazole rings is 1. The number of hydrogen-bond donors (Lipinski definition) is 2. The van der Waals surface area contributed by atoms with E-state index in [4.69, 9.17) is 4.42 Å². The minimum Gasteiger partial charge on any atom is -0.408 e. The minimum absolute atomic E-state index is 0.00120. The number of carbonyl (C=O) groups is 1. The molecular weight excluding hydrogens is 244 g/mol. The summed E-state index contributed by atoms with van der Waals surface area (Å²) in [7, 11) is 0. The lowest BCUT2D eigenvalue weighted by Crippen LogP contribution is -2.26. The molecule has 102 valence electrons. The molecule has 0 unspecified atom stereocenters. The van der Waals surface area contributed by atoms with Gasteiger partial charge in [-0.15, -0.1) is 0 Å². The second-order valence-corrected chi connectivity index (χ2v) is 4.58. The molecule has 0 saturated carbocycles. The number of H-pyrrole nitrogens is 1. The second-order valence-electron chi connectivity index (χ2n) is 4.58. The van der Waals surface area contributed by atoms with E-state index >= 15 is 0 Å². The van der Waals surface area contributed by atoms with Crippen LogP contribution in [0.4, 0.5) is 0 Å². The summed E-state index contributed by atoms with van der Waals surface area (Å²) >= 11 is 0. The lowest BCUT2D eigenvalue weighted by Gasteiger charge is -2.04. The predicted molar refractivity (Wildman–Crippen MR) is 73.1 cm³/mol. The molecular formula is C14H18N2O3. The van der Waals surface area contributed by atoms with E-state index in [2.05, 4.69) is 17.2 Å². The lowest BCUT2D eigenvalue weighted by atomic mass is 10.1. The molecule has 1 aromatic heterocycles. The predicted octanol–water partition coefficient (Wildman–Crippen LogP) is 1.97. The van der Waals surface area contributed by atoms with E-state index in [9.17, 15) is 9.59 Å². The van der Waals surface area contributed by atoms with Crippen molar-refractivity contribution in [1.82, 2.24) is 10.3 Å². The first-order valence-corrected chi connectivity index (χ1v) is 6.57. The van der Waals surface area contributed by atoms with Gasteiger partial charge in [0.15, 0.2) is 5.58 Å². The summed E-state index contributed by atoms with van der Waals surface area (Å²) in [5.74, 6) is -0.475. The summed E-state index contributed by atoms with van der Waals surface area (Å²) in [5, 5.41) is 2.88. The van der Waals surface area contributed by atoms with Crippen molar-refractivity contribution in [2.24, 2.45) is 0 Å². The number of nitrogens with one attached hydrogen (secondary N) is 2. The Bertz CT molecular complexity index is 612. The van der Waals surface area contributed by atoms with Crippen LogP contribution < -0.4 is 11.1 Å². The van der Waals surface area contributed by atoms with E-state index in [0.717, 1.165) is 31.4 Å². The Morgan fingerprint density at radius 3 is 3.00 bits per heavy atom. The van der Waals surface area contributed by atoms with Crippen LogP contribution in [-0.2, 0) is 11.2 Å². The molecule has 0 aliphatic heterocycles. The number of benzene rings is 1. The zero-order valence-electron chi connectivity index (χ0n) is 11.0. The number of aromatic nitrogens is 1. The Balaban J connectivity index is 1.93. The smallest absolute Gasteiger partial charge is 0.408 e. The van der Waals surface area contributed by atoms with Gasteiger partial charge in [-0.25, -0.2) is 4.79 Å². The Kier molecular flexibility index (Phi) is 4.39. The summed E-state index contributed by atoms with van der Waals surface area (Å²) in [5.41, 5.74) is 2.00. The van der Waals surface area contributed by atoms with Gasteiger partial charge in [-0.1, -0.05) is 25.8 Å². The number of carbonyl (C=O) groups excluding carboxylic acids is 1. The molecule has 0 aliphatic carbocycles. The highest BCUT2D eigenvalue weighted by Gasteiger charge is 2.06. The molecule has 1 amide bonds. The molecule has 2 rings (SSSR count). The average molecular weight is 262 g/mol. The number of amides is 1. The molecule has 0 spiro atoms. The van der Waals surface area contributed by atoms with Gasteiger partial charge in [0.2, 0.25) is 5.91 Å². The molecule has 0 atom stereocenters. The molecule has 0 radical (unpaired) electrons. The van der Waals surface area contributed by atoms with Crippen LogP contribution in [-0.4, -0.2) is 17.4 Å². The number of unbranched alkanes of at least 4 members (excludes halogenated alkanes) is 2. The molecule has 0 saturated heterocycles. The minimum atomic E-state index is -0.476. The molecule has 5 nitrogen and oxygen atoms in total. The fourth-order valence-corrected chi connectivity index (χ4v) is 1.96. The lowest BCUT2D eigenvalue weighted by molar-refractivity contribution is -0.120. The van der Waals surface area contributed by atoms with E-state index in [0.29, 0.717) is 17.5 Å². The van der Waals surface area contributed by atoms with Crippen molar-refractivity contribution in [1.29, 1.82) is 0 Å². The second kappa shape index (κ2) is 6.22. The van der Waals surface area contributed by atoms with Crippen LogP contribution in [0.15, 0.2) is 27.4 Å². The normalized spacial score (nSPS) is 10.8. The van der Waals surface area contributed by atoms with Crippen LogP contribution in [0, 0.1) is 0 Å². The largest absolute Gasteiger partial charge is 0.417 e. The third kappa shape index (κ3) is 3.71. The molecule has 1 aromatic carbocycles. The fraction of sp³-hybridized carbons (Fsp3) is 0.429. The van der Waals surface area contributed by atoms with E-state index in [1.807, 2.05) is 0 Å². The summed E-state index contributed by atoms with van der Waals surface area (Å²) in [4.78, 5) is 25.3. The van der Waals surface area contributed by atoms with Crippen molar-refractivity contribution >= 4 is 17.0 Å². The summed E-state index contributed by atoms with van der Waals surface area (Å²) in [6, 6.07) is 5.27. The van der Waals surface area contributed by atoms with Crippen molar-refractivity contribution in [3.8, 4) is 0 Å². The monoisotopic (exact) mass is 262 g/mol. The quantitative estimate of drug-likeness (QED) is 0.781. The van der Waals surface area contributed by atoms with Crippen molar-refractivity contribution < 1.29 is 9.21 Å². The highest BCUT2D eigenvalue weighted by Crippen LogP contribution is 2.12. The van der Waals surface area contributed by atoms with Crippen LogP contribution in [0.25, 0.3) is 11.1 Å². The number of fused-ring (bicyclic) bond motifs is 1. The van der Waals surface area contributed by atoms with Crippen molar-refractivity contribution in [3.05, 3.63) is 34.3 Å². The van der Waals surface area contributed by atoms with Crippen LogP contribution in [0.1, 0.15) is 31.7 Å². The molecule has 1 heterocycles. The Morgan fingerprint density at radius 1 is 1.37 bits per heavy atom. The molecule has 2 N–H and O–H groups in total. The van der Waals surface area contributed by atoms with Gasteiger partial charge in [-0.3, -0.25) is 9.78 Å². The topological polar surface area (TPSA) is 75.1 Å². The van der Waals surface area contributed by atoms with Crippen LogP contribution in [0.3, 0.4) is 0 Å². The van der Waals surface area contributed by atoms with Gasteiger partial charge >= 0.3 is 5.76 Å². The summed E-state index contributed by atoms with van der Waals surface area (Å²) < 4.78 is 4.91. The van der Waals surface area contributed by atoms with Gasteiger partial charge < -0.3 is 9.73 Å². The third-order valence-corrected chi connectivity index (χ3v) is 2.95. The number of rotatable bonds is 6. The molecule has 0 aliphatic rings. The van der Waals surface area contributed by atoms with Crippen LogP contribution in [0.2, 0.25) is 0 Å². The third-order valence-electron chi connectivity index (χ3n) is 2.95. The van der Waals surface area contributed by atoms with E-state index in [1.54, 1.807) is 18.2 Å². The van der Waals surface area contributed by atoms with Gasteiger partial charge in [0.25, 0.3) is 0 Å². The maximum atomic E-state index is 11.7. The van der Waals surface area contributed by atoms with Gasteiger partial charge in [0, 0.05) is 6.54 Å². The standard InChI is InChI=1S/C14H18N2O3/c1-2-3-4-7-15-13(17)9-10-5-6-12-11(8-10)16-14(18)19-12/h5-6,8H,2-4,7,9H2,1H3,(H,15,17)(H,16,18). The molecule has 19 heavy (non-hydrogen) atoms. The van der Waals surface area contributed by atoms with Crippen molar-refractivity contribution in [2.45, 2.75) is 32.6 Å². The molecule has 2 aromatic rings. The first kappa shape index (κ1) is 13.4. The first-order valence-electron chi connectivity index (χ1n) is 6.57. The van der Waals surface area contributed by atoms with Gasteiger partial charge in [-0.2, -0.15) is 0 Å².